The first-order valence-corrected chi connectivity index (χ1v) is 7.46. The van der Waals surface area contributed by atoms with Gasteiger partial charge < -0.3 is 10.5 Å². The van der Waals surface area contributed by atoms with Crippen LogP contribution in [0.25, 0.3) is 0 Å². The quantitative estimate of drug-likeness (QED) is 0.904. The van der Waals surface area contributed by atoms with Gasteiger partial charge in [0.05, 0.1) is 11.6 Å². The molecule has 2 nitrogen and oxygen atoms in total. The summed E-state index contributed by atoms with van der Waals surface area (Å²) in [5.74, 6) is 0.842. The number of aryl methyl sites for hydroxylation is 2. The van der Waals surface area contributed by atoms with Crippen molar-refractivity contribution in [1.82, 2.24) is 0 Å². The van der Waals surface area contributed by atoms with Gasteiger partial charge in [-0.3, -0.25) is 0 Å². The molecule has 0 spiro atoms. The lowest BCUT2D eigenvalue weighted by molar-refractivity contribution is 0.412. The third-order valence-electron chi connectivity index (χ3n) is 3.58. The van der Waals surface area contributed by atoms with Crippen LogP contribution in [0.5, 0.6) is 5.75 Å². The monoisotopic (exact) mass is 333 g/mol. The van der Waals surface area contributed by atoms with Crippen molar-refractivity contribution in [2.24, 2.45) is 5.73 Å². The van der Waals surface area contributed by atoms with E-state index in [4.69, 9.17) is 10.5 Å². The molecule has 0 saturated heterocycles. The first-order valence-electron chi connectivity index (χ1n) is 6.67. The first-order chi connectivity index (χ1) is 9.52. The van der Waals surface area contributed by atoms with Gasteiger partial charge in [-0.1, -0.05) is 24.3 Å². The molecule has 0 aliphatic rings. The minimum atomic E-state index is 0.0106. The van der Waals surface area contributed by atoms with E-state index >= 15 is 0 Å². The molecule has 0 bridgehead atoms. The average Bonchev–Trinajstić information content (AvgIpc) is 2.38. The maximum atomic E-state index is 6.40. The molecular formula is C17H20BrNO. The Labute approximate surface area is 129 Å². The van der Waals surface area contributed by atoms with Gasteiger partial charge >= 0.3 is 0 Å². The molecule has 0 aliphatic carbocycles. The third-order valence-corrected chi connectivity index (χ3v) is 4.20. The molecule has 0 heterocycles. The van der Waals surface area contributed by atoms with Gasteiger partial charge in [-0.05, 0) is 70.6 Å². The van der Waals surface area contributed by atoms with Gasteiger partial charge in [-0.15, -0.1) is 0 Å². The second kappa shape index (κ2) is 6.42. The summed E-state index contributed by atoms with van der Waals surface area (Å²) < 4.78 is 6.21. The SMILES string of the molecule is COc1ccc(CC(N)c2c(C)cccc2C)cc1Br. The van der Waals surface area contributed by atoms with Gasteiger partial charge in [-0.25, -0.2) is 0 Å². The molecule has 1 atom stereocenters. The maximum absolute atomic E-state index is 6.40. The molecule has 2 rings (SSSR count). The number of rotatable bonds is 4. The van der Waals surface area contributed by atoms with Crippen LogP contribution < -0.4 is 10.5 Å². The van der Waals surface area contributed by atoms with Crippen LogP contribution in [0.15, 0.2) is 40.9 Å². The Morgan fingerprint density at radius 2 is 1.80 bits per heavy atom. The molecule has 0 saturated carbocycles. The fraction of sp³-hybridized carbons (Fsp3) is 0.294. The van der Waals surface area contributed by atoms with E-state index in [9.17, 15) is 0 Å². The molecule has 0 amide bonds. The van der Waals surface area contributed by atoms with Gasteiger partial charge in [0.25, 0.3) is 0 Å². The molecule has 0 radical (unpaired) electrons. The molecule has 2 aromatic carbocycles. The van der Waals surface area contributed by atoms with E-state index in [0.717, 1.165) is 16.6 Å². The lowest BCUT2D eigenvalue weighted by atomic mass is 9.92. The Kier molecular flexibility index (Phi) is 4.84. The molecule has 1 unspecified atom stereocenters. The van der Waals surface area contributed by atoms with E-state index in [1.807, 2.05) is 6.07 Å². The van der Waals surface area contributed by atoms with Crippen molar-refractivity contribution >= 4 is 15.9 Å². The predicted octanol–water partition coefficient (Wildman–Crippen LogP) is 4.32. The molecule has 0 aromatic heterocycles. The normalized spacial score (nSPS) is 12.2. The average molecular weight is 334 g/mol. The van der Waals surface area contributed by atoms with E-state index < -0.39 is 0 Å². The zero-order chi connectivity index (χ0) is 14.7. The number of nitrogens with two attached hydrogens (primary N) is 1. The number of hydrogen-bond acceptors (Lipinski definition) is 2. The van der Waals surface area contributed by atoms with Crippen LogP contribution in [-0.2, 0) is 6.42 Å². The fourth-order valence-corrected chi connectivity index (χ4v) is 3.19. The zero-order valence-electron chi connectivity index (χ0n) is 12.1. The topological polar surface area (TPSA) is 35.2 Å². The Bertz CT molecular complexity index is 590. The summed E-state index contributed by atoms with van der Waals surface area (Å²) in [5.41, 5.74) is 11.4. The molecule has 20 heavy (non-hydrogen) atoms. The van der Waals surface area contributed by atoms with E-state index in [1.54, 1.807) is 7.11 Å². The van der Waals surface area contributed by atoms with Crippen molar-refractivity contribution in [3.8, 4) is 5.75 Å². The Balaban J connectivity index is 2.23. The van der Waals surface area contributed by atoms with E-state index in [2.05, 4.69) is 60.1 Å². The first kappa shape index (κ1) is 15.1. The summed E-state index contributed by atoms with van der Waals surface area (Å²) in [6, 6.07) is 12.4. The largest absolute Gasteiger partial charge is 0.496 e. The van der Waals surface area contributed by atoms with Crippen LogP contribution in [-0.4, -0.2) is 7.11 Å². The highest BCUT2D eigenvalue weighted by molar-refractivity contribution is 9.10. The summed E-state index contributed by atoms with van der Waals surface area (Å²) in [6.07, 6.45) is 0.814. The third kappa shape index (κ3) is 3.22. The summed E-state index contributed by atoms with van der Waals surface area (Å²) in [5, 5.41) is 0. The zero-order valence-corrected chi connectivity index (χ0v) is 13.7. The Morgan fingerprint density at radius 3 is 2.35 bits per heavy atom. The minimum absolute atomic E-state index is 0.0106. The van der Waals surface area contributed by atoms with Crippen LogP contribution in [0.4, 0.5) is 0 Å². The minimum Gasteiger partial charge on any atom is -0.496 e. The molecule has 0 fully saturated rings. The maximum Gasteiger partial charge on any atom is 0.133 e. The van der Waals surface area contributed by atoms with Crippen LogP contribution in [0.1, 0.15) is 28.3 Å². The van der Waals surface area contributed by atoms with Gasteiger partial charge in [0.15, 0.2) is 0 Å². The number of halogens is 1. The van der Waals surface area contributed by atoms with Gasteiger partial charge in [0.1, 0.15) is 5.75 Å². The molecule has 0 aliphatic heterocycles. The van der Waals surface area contributed by atoms with Crippen molar-refractivity contribution in [3.63, 3.8) is 0 Å². The summed E-state index contributed by atoms with van der Waals surface area (Å²) in [4.78, 5) is 0. The van der Waals surface area contributed by atoms with Crippen molar-refractivity contribution < 1.29 is 4.74 Å². The van der Waals surface area contributed by atoms with Crippen molar-refractivity contribution in [2.45, 2.75) is 26.3 Å². The Hall–Kier alpha value is -1.32. The van der Waals surface area contributed by atoms with E-state index in [0.29, 0.717) is 0 Å². The van der Waals surface area contributed by atoms with Gasteiger partial charge in [0.2, 0.25) is 0 Å². The molecule has 3 heteroatoms. The molecule has 2 N–H and O–H groups in total. The van der Waals surface area contributed by atoms with E-state index in [-0.39, 0.29) is 6.04 Å². The summed E-state index contributed by atoms with van der Waals surface area (Å²) in [6.45, 7) is 4.23. The Morgan fingerprint density at radius 1 is 1.15 bits per heavy atom. The van der Waals surface area contributed by atoms with Gasteiger partial charge in [0, 0.05) is 6.04 Å². The predicted molar refractivity (Wildman–Crippen MR) is 87.2 cm³/mol. The van der Waals surface area contributed by atoms with E-state index in [1.165, 1.54) is 22.3 Å². The van der Waals surface area contributed by atoms with Crippen molar-refractivity contribution in [1.29, 1.82) is 0 Å². The standard InChI is InChI=1S/C17H20BrNO/c1-11-5-4-6-12(2)17(11)15(19)10-13-7-8-16(20-3)14(18)9-13/h4-9,15H,10,19H2,1-3H3. The smallest absolute Gasteiger partial charge is 0.133 e. The molecule has 106 valence electrons. The number of methoxy groups -OCH3 is 1. The number of hydrogen-bond donors (Lipinski definition) is 1. The molecular weight excluding hydrogens is 314 g/mol. The van der Waals surface area contributed by atoms with Gasteiger partial charge in [-0.2, -0.15) is 0 Å². The van der Waals surface area contributed by atoms with Crippen molar-refractivity contribution in [3.05, 3.63) is 63.1 Å². The molecule has 2 aromatic rings. The number of ether oxygens (including phenoxy) is 1. The van der Waals surface area contributed by atoms with Crippen LogP contribution in [0.3, 0.4) is 0 Å². The summed E-state index contributed by atoms with van der Waals surface area (Å²) in [7, 11) is 1.67. The highest BCUT2D eigenvalue weighted by Crippen LogP contribution is 2.28. The second-order valence-electron chi connectivity index (χ2n) is 5.08. The second-order valence-corrected chi connectivity index (χ2v) is 5.94. The van der Waals surface area contributed by atoms with Crippen molar-refractivity contribution in [2.75, 3.05) is 7.11 Å². The lowest BCUT2D eigenvalue weighted by Gasteiger charge is -2.18. The highest BCUT2D eigenvalue weighted by atomic mass is 79.9. The number of benzene rings is 2. The van der Waals surface area contributed by atoms with Crippen LogP contribution in [0, 0.1) is 13.8 Å². The van der Waals surface area contributed by atoms with Crippen LogP contribution >= 0.6 is 15.9 Å². The fourth-order valence-electron chi connectivity index (χ4n) is 2.61. The highest BCUT2D eigenvalue weighted by Gasteiger charge is 2.13. The summed E-state index contributed by atoms with van der Waals surface area (Å²) >= 11 is 3.52. The van der Waals surface area contributed by atoms with Crippen LogP contribution in [0.2, 0.25) is 0 Å². The lowest BCUT2D eigenvalue weighted by Crippen LogP contribution is -2.16.